The van der Waals surface area contributed by atoms with Gasteiger partial charge in [0.15, 0.2) is 5.11 Å². The molecule has 0 aliphatic carbocycles. The number of carbonyl (C=O) groups excluding carboxylic acids is 1. The lowest BCUT2D eigenvalue weighted by atomic mass is 9.96. The highest BCUT2D eigenvalue weighted by Crippen LogP contribution is 2.44. The Bertz CT molecular complexity index is 1580. The zero-order valence-corrected chi connectivity index (χ0v) is 25.6. The van der Waals surface area contributed by atoms with Gasteiger partial charge in [-0.15, -0.1) is 0 Å². The predicted octanol–water partition coefficient (Wildman–Crippen LogP) is 6.64. The van der Waals surface area contributed by atoms with Gasteiger partial charge in [-0.05, 0) is 105 Å². The van der Waals surface area contributed by atoms with Crippen molar-refractivity contribution in [1.82, 2.24) is 14.9 Å². The second-order valence-corrected chi connectivity index (χ2v) is 11.6. The quantitative estimate of drug-likeness (QED) is 0.245. The molecular weight excluding hydrogens is 528 g/mol. The minimum atomic E-state index is -0.144. The Morgan fingerprint density at radius 1 is 1.00 bits per heavy atom. The molecule has 0 unspecified atom stereocenters. The molecule has 3 heterocycles. The van der Waals surface area contributed by atoms with E-state index in [0.717, 1.165) is 45.4 Å². The molecule has 1 saturated heterocycles. The number of amides is 1. The van der Waals surface area contributed by atoms with E-state index < -0.39 is 0 Å². The number of benzene rings is 2. The number of aromatic nitrogens is 2. The van der Waals surface area contributed by atoms with Crippen LogP contribution in [0.15, 0.2) is 72.9 Å². The molecule has 0 bridgehead atoms. The predicted molar refractivity (Wildman–Crippen MR) is 172 cm³/mol. The summed E-state index contributed by atoms with van der Waals surface area (Å²) in [5.41, 5.74) is 9.44. The molecule has 212 valence electrons. The minimum absolute atomic E-state index is 0.00152. The van der Waals surface area contributed by atoms with Gasteiger partial charge in [-0.25, -0.2) is 0 Å². The first kappa shape index (κ1) is 28.4. The van der Waals surface area contributed by atoms with Gasteiger partial charge in [0.05, 0.1) is 17.8 Å². The van der Waals surface area contributed by atoms with Crippen molar-refractivity contribution in [2.24, 2.45) is 5.92 Å². The second kappa shape index (κ2) is 11.4. The van der Waals surface area contributed by atoms with Crippen LogP contribution in [-0.4, -0.2) is 34.7 Å². The lowest BCUT2D eigenvalue weighted by Crippen LogP contribution is -2.29. The average Bonchev–Trinajstić information content (AvgIpc) is 3.44. The van der Waals surface area contributed by atoms with Gasteiger partial charge in [0.2, 0.25) is 5.91 Å². The molecule has 2 N–H and O–H groups in total. The molecule has 1 amide bonds. The molecule has 1 aliphatic heterocycles. The van der Waals surface area contributed by atoms with Crippen LogP contribution in [0, 0.1) is 26.7 Å². The van der Waals surface area contributed by atoms with E-state index in [1.165, 1.54) is 5.56 Å². The molecule has 2 aromatic heterocycles. The SMILES string of the molecule is Cc1cc(N2C(=S)N[C@@H](c3ccccn3)[C@@H]2c2cc(C)n(-c3ccc(N(C)C)cc3)c2C)ccc1NC(=O)C(C)C. The number of nitrogens with one attached hydrogen (secondary N) is 2. The van der Waals surface area contributed by atoms with Gasteiger partial charge in [0, 0.05) is 60.3 Å². The van der Waals surface area contributed by atoms with Gasteiger partial charge < -0.3 is 25.0 Å². The fraction of sp³-hybridized carbons (Fsp3) is 0.303. The number of carbonyl (C=O) groups is 1. The Labute approximate surface area is 248 Å². The van der Waals surface area contributed by atoms with Crippen molar-refractivity contribution in [2.75, 3.05) is 29.2 Å². The molecule has 41 heavy (non-hydrogen) atoms. The third-order valence-electron chi connectivity index (χ3n) is 7.78. The minimum Gasteiger partial charge on any atom is -0.378 e. The number of nitrogens with zero attached hydrogens (tertiary/aromatic N) is 4. The van der Waals surface area contributed by atoms with Crippen molar-refractivity contribution in [3.63, 3.8) is 0 Å². The molecule has 1 aliphatic rings. The molecule has 1 fully saturated rings. The van der Waals surface area contributed by atoms with E-state index in [1.54, 1.807) is 0 Å². The van der Waals surface area contributed by atoms with Gasteiger partial charge in [0.1, 0.15) is 0 Å². The smallest absolute Gasteiger partial charge is 0.226 e. The van der Waals surface area contributed by atoms with Crippen molar-refractivity contribution < 1.29 is 4.79 Å². The first-order valence-corrected chi connectivity index (χ1v) is 14.4. The summed E-state index contributed by atoms with van der Waals surface area (Å²) < 4.78 is 2.31. The number of thiocarbonyl (C=S) groups is 1. The van der Waals surface area contributed by atoms with E-state index in [1.807, 2.05) is 71.4 Å². The zero-order chi connectivity index (χ0) is 29.4. The van der Waals surface area contributed by atoms with Gasteiger partial charge in [-0.3, -0.25) is 9.78 Å². The van der Waals surface area contributed by atoms with Gasteiger partial charge in [-0.2, -0.15) is 0 Å². The van der Waals surface area contributed by atoms with E-state index in [9.17, 15) is 4.79 Å². The maximum Gasteiger partial charge on any atom is 0.226 e. The third-order valence-corrected chi connectivity index (χ3v) is 8.10. The summed E-state index contributed by atoms with van der Waals surface area (Å²) in [5.74, 6) is -0.0966. The van der Waals surface area contributed by atoms with E-state index in [0.29, 0.717) is 5.11 Å². The number of anilines is 3. The largest absolute Gasteiger partial charge is 0.378 e. The summed E-state index contributed by atoms with van der Waals surface area (Å²) in [6, 6.07) is 22.7. The van der Waals surface area contributed by atoms with Crippen LogP contribution in [0.4, 0.5) is 17.1 Å². The number of hydrogen-bond acceptors (Lipinski definition) is 4. The number of rotatable bonds is 7. The highest BCUT2D eigenvalue weighted by Gasteiger charge is 2.42. The van der Waals surface area contributed by atoms with Crippen LogP contribution in [-0.2, 0) is 4.79 Å². The van der Waals surface area contributed by atoms with Crippen LogP contribution in [0.3, 0.4) is 0 Å². The lowest BCUT2D eigenvalue weighted by molar-refractivity contribution is -0.118. The monoisotopic (exact) mass is 566 g/mol. The lowest BCUT2D eigenvalue weighted by Gasteiger charge is -2.29. The Hall–Kier alpha value is -4.17. The van der Waals surface area contributed by atoms with Crippen LogP contribution < -0.4 is 20.4 Å². The summed E-state index contributed by atoms with van der Waals surface area (Å²) in [6.07, 6.45) is 1.83. The third kappa shape index (κ3) is 5.44. The number of hydrogen-bond donors (Lipinski definition) is 2. The number of aryl methyl sites for hydroxylation is 2. The molecule has 0 saturated carbocycles. The maximum atomic E-state index is 12.4. The maximum absolute atomic E-state index is 12.4. The fourth-order valence-electron chi connectivity index (χ4n) is 5.55. The van der Waals surface area contributed by atoms with Crippen molar-refractivity contribution >= 4 is 40.3 Å². The highest BCUT2D eigenvalue weighted by molar-refractivity contribution is 7.80. The molecule has 2 aromatic carbocycles. The zero-order valence-electron chi connectivity index (χ0n) is 24.8. The molecular formula is C33H38N6OS. The number of pyridine rings is 1. The van der Waals surface area contributed by atoms with Crippen molar-refractivity contribution in [2.45, 2.75) is 46.7 Å². The Morgan fingerprint density at radius 2 is 1.71 bits per heavy atom. The van der Waals surface area contributed by atoms with E-state index in [-0.39, 0.29) is 23.9 Å². The first-order valence-electron chi connectivity index (χ1n) is 14.0. The molecule has 0 spiro atoms. The Morgan fingerprint density at radius 3 is 2.32 bits per heavy atom. The Balaban J connectivity index is 1.60. The van der Waals surface area contributed by atoms with Gasteiger partial charge in [-0.1, -0.05) is 19.9 Å². The van der Waals surface area contributed by atoms with Crippen LogP contribution in [0.5, 0.6) is 0 Å². The van der Waals surface area contributed by atoms with Crippen molar-refractivity contribution in [1.29, 1.82) is 0 Å². The molecule has 8 heteroatoms. The molecule has 2 atom stereocenters. The summed E-state index contributed by atoms with van der Waals surface area (Å²) in [4.78, 5) is 21.4. The van der Waals surface area contributed by atoms with Crippen molar-refractivity contribution in [3.8, 4) is 5.69 Å². The summed E-state index contributed by atoms with van der Waals surface area (Å²) >= 11 is 5.98. The van der Waals surface area contributed by atoms with Gasteiger partial charge >= 0.3 is 0 Å². The molecule has 4 aromatic rings. The van der Waals surface area contributed by atoms with E-state index in [2.05, 4.69) is 75.2 Å². The fourth-order valence-corrected chi connectivity index (χ4v) is 5.89. The normalized spacial score (nSPS) is 16.7. The van der Waals surface area contributed by atoms with Crippen LogP contribution in [0.25, 0.3) is 5.69 Å². The summed E-state index contributed by atoms with van der Waals surface area (Å²) in [5, 5.41) is 7.26. The summed E-state index contributed by atoms with van der Waals surface area (Å²) in [6.45, 7) is 10.1. The second-order valence-electron chi connectivity index (χ2n) is 11.2. The van der Waals surface area contributed by atoms with Crippen LogP contribution in [0.2, 0.25) is 0 Å². The van der Waals surface area contributed by atoms with E-state index in [4.69, 9.17) is 17.2 Å². The topological polar surface area (TPSA) is 65.4 Å². The highest BCUT2D eigenvalue weighted by atomic mass is 32.1. The standard InChI is InChI=1S/C33H38N6OS/c1-20(2)32(40)35-28-16-15-26(18-21(28)3)39-31(30(36-33(39)41)29-10-8-9-17-34-29)27-19-22(4)38(23(27)5)25-13-11-24(12-14-25)37(6)7/h8-20,30-31H,1-7H3,(H,35,40)(H,36,41)/t30-,31-/m0/s1. The molecule has 7 nitrogen and oxygen atoms in total. The summed E-state index contributed by atoms with van der Waals surface area (Å²) in [7, 11) is 4.10. The van der Waals surface area contributed by atoms with Crippen molar-refractivity contribution in [3.05, 3.63) is 101 Å². The molecule has 0 radical (unpaired) electrons. The molecule has 5 rings (SSSR count). The first-order chi connectivity index (χ1) is 19.6. The Kier molecular flexibility index (Phi) is 7.87. The van der Waals surface area contributed by atoms with Crippen LogP contribution in [0.1, 0.15) is 54.1 Å². The van der Waals surface area contributed by atoms with Crippen LogP contribution >= 0.6 is 12.2 Å². The van der Waals surface area contributed by atoms with Gasteiger partial charge in [0.25, 0.3) is 0 Å². The average molecular weight is 567 g/mol. The van der Waals surface area contributed by atoms with E-state index >= 15 is 0 Å².